The van der Waals surface area contributed by atoms with Crippen LogP contribution in [0.15, 0.2) is 29.4 Å². The van der Waals surface area contributed by atoms with E-state index in [0.717, 1.165) is 12.1 Å². The molecule has 0 aliphatic heterocycles. The number of hydrazone groups is 1. The summed E-state index contributed by atoms with van der Waals surface area (Å²) in [7, 11) is 0. The molecule has 0 saturated carbocycles. The number of nitrogens with one attached hydrogen (secondary N) is 1. The van der Waals surface area contributed by atoms with Crippen molar-refractivity contribution in [3.05, 3.63) is 35.4 Å². The molecular weight excluding hydrogens is 235 g/mol. The number of urea groups is 1. The van der Waals surface area contributed by atoms with E-state index in [1.807, 2.05) is 5.43 Å². The van der Waals surface area contributed by atoms with Crippen molar-refractivity contribution in [2.75, 3.05) is 0 Å². The van der Waals surface area contributed by atoms with Crippen molar-refractivity contribution < 1.29 is 18.0 Å². The highest BCUT2D eigenvalue weighted by molar-refractivity contribution is 5.99. The topological polar surface area (TPSA) is 67.5 Å². The number of nitrogens with two attached hydrogens (primary N) is 1. The van der Waals surface area contributed by atoms with Gasteiger partial charge < -0.3 is 5.73 Å². The Morgan fingerprint density at radius 3 is 2.59 bits per heavy atom. The molecule has 1 aromatic carbocycles. The number of carbonyl (C=O) groups is 1. The zero-order valence-corrected chi connectivity index (χ0v) is 8.88. The predicted octanol–water partition coefficient (Wildman–Crippen LogP) is 2.10. The van der Waals surface area contributed by atoms with Crippen LogP contribution in [0.5, 0.6) is 0 Å². The lowest BCUT2D eigenvalue weighted by Gasteiger charge is -2.08. The second-order valence-electron chi connectivity index (χ2n) is 3.25. The normalized spacial score (nSPS) is 12.4. The number of amides is 2. The van der Waals surface area contributed by atoms with Crippen LogP contribution < -0.4 is 11.2 Å². The highest BCUT2D eigenvalue weighted by atomic mass is 19.4. The Morgan fingerprint density at radius 1 is 1.41 bits per heavy atom. The molecule has 2 amide bonds. The summed E-state index contributed by atoms with van der Waals surface area (Å²) in [5.41, 5.74) is 6.44. The first-order chi connectivity index (χ1) is 7.80. The highest BCUT2D eigenvalue weighted by Gasteiger charge is 2.30. The third kappa shape index (κ3) is 3.78. The molecule has 4 nitrogen and oxygen atoms in total. The number of carbonyl (C=O) groups excluding carboxylic acids is 1. The molecule has 3 N–H and O–H groups in total. The second kappa shape index (κ2) is 4.86. The Balaban J connectivity index is 3.00. The van der Waals surface area contributed by atoms with E-state index < -0.39 is 17.8 Å². The van der Waals surface area contributed by atoms with E-state index in [9.17, 15) is 18.0 Å². The average Bonchev–Trinajstić information content (AvgIpc) is 2.25. The van der Waals surface area contributed by atoms with Crippen LogP contribution in [0.2, 0.25) is 0 Å². The van der Waals surface area contributed by atoms with Crippen molar-refractivity contribution in [1.29, 1.82) is 0 Å². The van der Waals surface area contributed by atoms with Gasteiger partial charge in [-0.1, -0.05) is 12.1 Å². The van der Waals surface area contributed by atoms with Gasteiger partial charge >= 0.3 is 12.2 Å². The van der Waals surface area contributed by atoms with E-state index in [0.29, 0.717) is 0 Å². The maximum atomic E-state index is 12.4. The van der Waals surface area contributed by atoms with Crippen LogP contribution in [-0.2, 0) is 6.18 Å². The smallest absolute Gasteiger partial charge is 0.350 e. The van der Waals surface area contributed by atoms with Gasteiger partial charge in [0.25, 0.3) is 0 Å². The van der Waals surface area contributed by atoms with Gasteiger partial charge in [0.05, 0.1) is 11.3 Å². The maximum Gasteiger partial charge on any atom is 0.416 e. The van der Waals surface area contributed by atoms with Crippen LogP contribution in [0.25, 0.3) is 0 Å². The minimum absolute atomic E-state index is 0.231. The van der Waals surface area contributed by atoms with E-state index in [4.69, 9.17) is 5.73 Å². The third-order valence-corrected chi connectivity index (χ3v) is 1.94. The lowest BCUT2D eigenvalue weighted by molar-refractivity contribution is -0.137. The van der Waals surface area contributed by atoms with Gasteiger partial charge in [-0.3, -0.25) is 0 Å². The highest BCUT2D eigenvalue weighted by Crippen LogP contribution is 2.29. The number of nitrogens with zero attached hydrogens (tertiary/aromatic N) is 1. The van der Waals surface area contributed by atoms with Crippen molar-refractivity contribution in [2.24, 2.45) is 10.8 Å². The molecule has 17 heavy (non-hydrogen) atoms. The summed E-state index contributed by atoms with van der Waals surface area (Å²) in [6, 6.07) is 3.74. The summed E-state index contributed by atoms with van der Waals surface area (Å²) in [6.07, 6.45) is -4.41. The second-order valence-corrected chi connectivity index (χ2v) is 3.25. The predicted molar refractivity (Wildman–Crippen MR) is 56.4 cm³/mol. The van der Waals surface area contributed by atoms with E-state index in [2.05, 4.69) is 5.10 Å². The number of benzene rings is 1. The van der Waals surface area contributed by atoms with E-state index in [1.54, 1.807) is 0 Å². The van der Waals surface area contributed by atoms with Gasteiger partial charge in [-0.15, -0.1) is 0 Å². The number of alkyl halides is 3. The molecule has 1 rings (SSSR count). The first-order valence-electron chi connectivity index (χ1n) is 4.58. The van der Waals surface area contributed by atoms with Crippen LogP contribution in [-0.4, -0.2) is 11.7 Å². The summed E-state index contributed by atoms with van der Waals surface area (Å²) in [5, 5.41) is 3.54. The number of hydrogen-bond acceptors (Lipinski definition) is 2. The van der Waals surface area contributed by atoms with Gasteiger partial charge in [-0.2, -0.15) is 18.3 Å². The van der Waals surface area contributed by atoms with Gasteiger partial charge in [-0.25, -0.2) is 10.2 Å². The molecular formula is C10H10F3N3O. The Morgan fingerprint density at radius 2 is 2.06 bits per heavy atom. The fourth-order valence-electron chi connectivity index (χ4n) is 1.12. The summed E-state index contributed by atoms with van der Waals surface area (Å²) in [5.74, 6) is 0. The van der Waals surface area contributed by atoms with E-state index in [1.165, 1.54) is 19.1 Å². The Hall–Kier alpha value is -2.05. The SMILES string of the molecule is C/C(=N\NC(N)=O)c1cccc(C(F)(F)F)c1. The zero-order valence-electron chi connectivity index (χ0n) is 8.88. The largest absolute Gasteiger partial charge is 0.416 e. The van der Waals surface area contributed by atoms with Crippen LogP contribution in [0.1, 0.15) is 18.1 Å². The lowest BCUT2D eigenvalue weighted by atomic mass is 10.1. The van der Waals surface area contributed by atoms with Gasteiger partial charge in [-0.05, 0) is 24.6 Å². The van der Waals surface area contributed by atoms with Gasteiger partial charge in [0.1, 0.15) is 0 Å². The number of halogens is 3. The van der Waals surface area contributed by atoms with Crippen molar-refractivity contribution in [3.63, 3.8) is 0 Å². The van der Waals surface area contributed by atoms with Crippen LogP contribution >= 0.6 is 0 Å². The Bertz CT molecular complexity index is 454. The summed E-state index contributed by atoms with van der Waals surface area (Å²) >= 11 is 0. The van der Waals surface area contributed by atoms with Crippen molar-refractivity contribution >= 4 is 11.7 Å². The molecule has 0 aliphatic rings. The molecule has 0 bridgehead atoms. The first kappa shape index (κ1) is 13.0. The number of hydrogen-bond donors (Lipinski definition) is 2. The Labute approximate surface area is 95.3 Å². The molecule has 0 unspecified atom stereocenters. The Kier molecular flexibility index (Phi) is 3.72. The van der Waals surface area contributed by atoms with Gasteiger partial charge in [0.15, 0.2) is 0 Å². The molecule has 0 aliphatic carbocycles. The zero-order chi connectivity index (χ0) is 13.1. The summed E-state index contributed by atoms with van der Waals surface area (Å²) in [4.78, 5) is 10.4. The number of rotatable bonds is 2. The standard InChI is InChI=1S/C10H10F3N3O/c1-6(15-16-9(14)17)7-3-2-4-8(5-7)10(11,12)13/h2-5H,1H3,(H3,14,16,17)/b15-6+. The fraction of sp³-hybridized carbons (Fsp3) is 0.200. The summed E-state index contributed by atoms with van der Waals surface area (Å²) in [6.45, 7) is 1.46. The van der Waals surface area contributed by atoms with Crippen LogP contribution in [0.4, 0.5) is 18.0 Å². The van der Waals surface area contributed by atoms with Crippen molar-refractivity contribution in [1.82, 2.24) is 5.43 Å². The van der Waals surface area contributed by atoms with Gasteiger partial charge in [0, 0.05) is 0 Å². The molecule has 1 aromatic rings. The van der Waals surface area contributed by atoms with Crippen molar-refractivity contribution in [3.8, 4) is 0 Å². The fourth-order valence-corrected chi connectivity index (χ4v) is 1.12. The van der Waals surface area contributed by atoms with Gasteiger partial charge in [0.2, 0.25) is 0 Å². The molecule has 0 radical (unpaired) electrons. The minimum atomic E-state index is -4.41. The van der Waals surface area contributed by atoms with E-state index >= 15 is 0 Å². The number of primary amides is 1. The molecule has 0 saturated heterocycles. The average molecular weight is 245 g/mol. The molecule has 92 valence electrons. The molecule has 0 fully saturated rings. The lowest BCUT2D eigenvalue weighted by Crippen LogP contribution is -2.25. The summed E-state index contributed by atoms with van der Waals surface area (Å²) < 4.78 is 37.2. The molecule has 0 aromatic heterocycles. The van der Waals surface area contributed by atoms with Crippen LogP contribution in [0, 0.1) is 0 Å². The minimum Gasteiger partial charge on any atom is -0.350 e. The molecule has 0 spiro atoms. The first-order valence-corrected chi connectivity index (χ1v) is 4.58. The third-order valence-electron chi connectivity index (χ3n) is 1.94. The van der Waals surface area contributed by atoms with Crippen molar-refractivity contribution in [2.45, 2.75) is 13.1 Å². The molecule has 0 atom stereocenters. The molecule has 7 heteroatoms. The van der Waals surface area contributed by atoms with E-state index in [-0.39, 0.29) is 11.3 Å². The van der Waals surface area contributed by atoms with Crippen LogP contribution in [0.3, 0.4) is 0 Å². The molecule has 0 heterocycles. The monoisotopic (exact) mass is 245 g/mol. The quantitative estimate of drug-likeness (QED) is 0.608. The maximum absolute atomic E-state index is 12.4.